The first-order valence-electron chi connectivity index (χ1n) is 4.24. The van der Waals surface area contributed by atoms with Crippen LogP contribution in [-0.2, 0) is 4.79 Å². The molecule has 0 saturated carbocycles. The summed E-state index contributed by atoms with van der Waals surface area (Å²) in [5, 5.41) is 2.24. The van der Waals surface area contributed by atoms with Crippen LogP contribution in [0, 0.1) is 0 Å². The summed E-state index contributed by atoms with van der Waals surface area (Å²) in [6.45, 7) is 3.77. The van der Waals surface area contributed by atoms with Crippen LogP contribution in [0.2, 0.25) is 0 Å². The van der Waals surface area contributed by atoms with Crippen LogP contribution in [-0.4, -0.2) is 29.9 Å². The Morgan fingerprint density at radius 2 is 2.15 bits per heavy atom. The summed E-state index contributed by atoms with van der Waals surface area (Å²) in [5.41, 5.74) is 0. The number of hydrogen-bond donors (Lipinski definition) is 1. The maximum absolute atomic E-state index is 11.8. The lowest BCUT2D eigenvalue weighted by Crippen LogP contribution is -2.37. The molecule has 0 aromatic carbocycles. The van der Waals surface area contributed by atoms with Crippen molar-refractivity contribution in [2.24, 2.45) is 0 Å². The Balaban J connectivity index is 3.50. The van der Waals surface area contributed by atoms with Gasteiger partial charge in [-0.05, 0) is 24.9 Å². The molecule has 13 heavy (non-hydrogen) atoms. The zero-order valence-electron chi connectivity index (χ0n) is 7.85. The summed E-state index contributed by atoms with van der Waals surface area (Å²) in [4.78, 5) is 10.5. The van der Waals surface area contributed by atoms with E-state index < -0.39 is 12.3 Å². The van der Waals surface area contributed by atoms with Crippen molar-refractivity contribution in [2.45, 2.75) is 32.7 Å². The second-order valence-corrected chi connectivity index (χ2v) is 4.09. The van der Waals surface area contributed by atoms with Crippen molar-refractivity contribution in [3.8, 4) is 0 Å². The number of nitrogens with one attached hydrogen (secondary N) is 1. The zero-order valence-corrected chi connectivity index (χ0v) is 8.66. The summed E-state index contributed by atoms with van der Waals surface area (Å²) < 4.78 is 23.5. The molecule has 2 nitrogen and oxygen atoms in total. The minimum atomic E-state index is -2.90. The SMILES string of the molecule is CCSCCC(C)NC(=O)C(F)F. The Bertz CT molecular complexity index is 155. The van der Waals surface area contributed by atoms with E-state index in [4.69, 9.17) is 0 Å². The third-order valence-electron chi connectivity index (χ3n) is 1.49. The molecule has 0 fully saturated rings. The van der Waals surface area contributed by atoms with Gasteiger partial charge < -0.3 is 5.32 Å². The van der Waals surface area contributed by atoms with Gasteiger partial charge >= 0.3 is 6.43 Å². The van der Waals surface area contributed by atoms with E-state index in [1.54, 1.807) is 18.7 Å². The predicted molar refractivity (Wildman–Crippen MR) is 51.2 cm³/mol. The van der Waals surface area contributed by atoms with Crippen LogP contribution in [0.1, 0.15) is 20.3 Å². The van der Waals surface area contributed by atoms with E-state index in [-0.39, 0.29) is 6.04 Å². The van der Waals surface area contributed by atoms with Crippen molar-refractivity contribution >= 4 is 17.7 Å². The molecule has 0 spiro atoms. The standard InChI is InChI=1S/C8H15F2NOS/c1-3-13-5-4-6(2)11-8(12)7(9)10/h6-7H,3-5H2,1-2H3,(H,11,12). The molecule has 0 aromatic heterocycles. The van der Waals surface area contributed by atoms with Crippen LogP contribution in [0.4, 0.5) is 8.78 Å². The third-order valence-corrected chi connectivity index (χ3v) is 2.42. The number of alkyl halides is 2. The first-order valence-corrected chi connectivity index (χ1v) is 5.39. The predicted octanol–water partition coefficient (Wildman–Crippen LogP) is 1.90. The molecule has 0 rings (SSSR count). The van der Waals surface area contributed by atoms with Gasteiger partial charge in [-0.25, -0.2) is 0 Å². The molecule has 78 valence electrons. The van der Waals surface area contributed by atoms with Crippen LogP contribution in [0.25, 0.3) is 0 Å². The molecule has 5 heteroatoms. The Morgan fingerprint density at radius 3 is 2.62 bits per heavy atom. The van der Waals surface area contributed by atoms with Gasteiger partial charge in [0.1, 0.15) is 0 Å². The summed E-state index contributed by atoms with van der Waals surface area (Å²) in [5.74, 6) is 0.727. The molecule has 1 atom stereocenters. The monoisotopic (exact) mass is 211 g/mol. The first-order chi connectivity index (χ1) is 6.07. The molecule has 0 saturated heterocycles. The van der Waals surface area contributed by atoms with Gasteiger partial charge in [0.25, 0.3) is 5.91 Å². The summed E-state index contributed by atoms with van der Waals surface area (Å²) in [6, 6.07) is -0.166. The smallest absolute Gasteiger partial charge is 0.315 e. The zero-order chi connectivity index (χ0) is 10.3. The quantitative estimate of drug-likeness (QED) is 0.680. The highest BCUT2D eigenvalue weighted by atomic mass is 32.2. The molecule has 1 unspecified atom stereocenters. The maximum Gasteiger partial charge on any atom is 0.315 e. The Kier molecular flexibility index (Phi) is 6.94. The second kappa shape index (κ2) is 7.12. The van der Waals surface area contributed by atoms with Gasteiger partial charge in [0.15, 0.2) is 0 Å². The minimum Gasteiger partial charge on any atom is -0.349 e. The summed E-state index contributed by atoms with van der Waals surface area (Å²) in [7, 11) is 0. The van der Waals surface area contributed by atoms with Gasteiger partial charge in [0.2, 0.25) is 0 Å². The Hall–Kier alpha value is -0.320. The fraction of sp³-hybridized carbons (Fsp3) is 0.875. The van der Waals surface area contributed by atoms with Gasteiger partial charge in [-0.1, -0.05) is 6.92 Å². The molecule has 1 N–H and O–H groups in total. The molecule has 0 heterocycles. The highest BCUT2D eigenvalue weighted by Crippen LogP contribution is 2.04. The fourth-order valence-corrected chi connectivity index (χ4v) is 1.59. The molecule has 0 aliphatic rings. The van der Waals surface area contributed by atoms with Crippen LogP contribution in [0.5, 0.6) is 0 Å². The maximum atomic E-state index is 11.8. The lowest BCUT2D eigenvalue weighted by Gasteiger charge is -2.12. The van der Waals surface area contributed by atoms with Crippen molar-refractivity contribution in [3.63, 3.8) is 0 Å². The van der Waals surface area contributed by atoms with E-state index in [0.29, 0.717) is 0 Å². The number of amides is 1. The van der Waals surface area contributed by atoms with Crippen LogP contribution in [0.15, 0.2) is 0 Å². The molecular weight excluding hydrogens is 196 g/mol. The van der Waals surface area contributed by atoms with Gasteiger partial charge in [-0.3, -0.25) is 4.79 Å². The normalized spacial score (nSPS) is 13.0. The van der Waals surface area contributed by atoms with Crippen LogP contribution < -0.4 is 5.32 Å². The highest BCUT2D eigenvalue weighted by molar-refractivity contribution is 7.99. The molecule has 0 aliphatic heterocycles. The first kappa shape index (κ1) is 12.7. The van der Waals surface area contributed by atoms with E-state index in [0.717, 1.165) is 17.9 Å². The van der Waals surface area contributed by atoms with Crippen molar-refractivity contribution in [3.05, 3.63) is 0 Å². The third kappa shape index (κ3) is 6.81. The Morgan fingerprint density at radius 1 is 1.54 bits per heavy atom. The largest absolute Gasteiger partial charge is 0.349 e. The second-order valence-electron chi connectivity index (χ2n) is 2.70. The average Bonchev–Trinajstić information content (AvgIpc) is 2.04. The summed E-state index contributed by atoms with van der Waals surface area (Å²) >= 11 is 1.73. The van der Waals surface area contributed by atoms with Gasteiger partial charge in [-0.2, -0.15) is 20.5 Å². The number of hydrogen-bond acceptors (Lipinski definition) is 2. The van der Waals surface area contributed by atoms with Gasteiger partial charge in [-0.15, -0.1) is 0 Å². The number of carbonyl (C=O) groups excluding carboxylic acids is 1. The van der Waals surface area contributed by atoms with Gasteiger partial charge in [0, 0.05) is 6.04 Å². The topological polar surface area (TPSA) is 29.1 Å². The average molecular weight is 211 g/mol. The number of rotatable bonds is 6. The van der Waals surface area contributed by atoms with E-state index in [1.165, 1.54) is 0 Å². The Labute approximate surface area is 81.5 Å². The molecule has 0 aliphatic carbocycles. The number of carbonyl (C=O) groups is 1. The number of thioether (sulfide) groups is 1. The van der Waals surface area contributed by atoms with Crippen molar-refractivity contribution < 1.29 is 13.6 Å². The molecule has 1 amide bonds. The molecule has 0 aromatic rings. The lowest BCUT2D eigenvalue weighted by atomic mass is 10.2. The van der Waals surface area contributed by atoms with E-state index in [9.17, 15) is 13.6 Å². The van der Waals surface area contributed by atoms with E-state index in [1.807, 2.05) is 6.92 Å². The summed E-state index contributed by atoms with van der Waals surface area (Å²) in [6.07, 6.45) is -2.17. The number of halogens is 2. The van der Waals surface area contributed by atoms with Crippen molar-refractivity contribution in [1.82, 2.24) is 5.32 Å². The van der Waals surface area contributed by atoms with Crippen molar-refractivity contribution in [2.75, 3.05) is 11.5 Å². The van der Waals surface area contributed by atoms with Crippen molar-refractivity contribution in [1.29, 1.82) is 0 Å². The highest BCUT2D eigenvalue weighted by Gasteiger charge is 2.16. The van der Waals surface area contributed by atoms with Crippen LogP contribution >= 0.6 is 11.8 Å². The van der Waals surface area contributed by atoms with E-state index in [2.05, 4.69) is 5.32 Å². The molecule has 0 radical (unpaired) electrons. The van der Waals surface area contributed by atoms with Crippen LogP contribution in [0.3, 0.4) is 0 Å². The minimum absolute atomic E-state index is 0.166. The lowest BCUT2D eigenvalue weighted by molar-refractivity contribution is -0.132. The fourth-order valence-electron chi connectivity index (χ4n) is 0.782. The molecule has 0 bridgehead atoms. The van der Waals surface area contributed by atoms with Gasteiger partial charge in [0.05, 0.1) is 0 Å². The van der Waals surface area contributed by atoms with E-state index >= 15 is 0 Å². The molecular formula is C8H15F2NOS.